The molecule has 0 saturated carbocycles. The molecule has 1 heterocycles. The van der Waals surface area contributed by atoms with Crippen LogP contribution in [0, 0.1) is 0 Å². The topological polar surface area (TPSA) is 117 Å². The van der Waals surface area contributed by atoms with E-state index in [1.54, 1.807) is 0 Å². The maximum Gasteiger partial charge on any atom is 0.573 e. The minimum atomic E-state index is -4.85. The molecule has 0 aromatic heterocycles. The van der Waals surface area contributed by atoms with Gasteiger partial charge in [0.05, 0.1) is 0 Å². The molecule has 3 N–H and O–H groups in total. The van der Waals surface area contributed by atoms with E-state index in [-0.39, 0.29) is 18.5 Å². The van der Waals surface area contributed by atoms with Crippen LogP contribution in [0.5, 0.6) is 5.75 Å². The van der Waals surface area contributed by atoms with Crippen molar-refractivity contribution in [2.45, 2.75) is 32.2 Å². The molecule has 0 aliphatic carbocycles. The van der Waals surface area contributed by atoms with Crippen molar-refractivity contribution in [2.75, 3.05) is 6.54 Å². The fourth-order valence-corrected chi connectivity index (χ4v) is 2.30. The molecule has 0 spiro atoms. The van der Waals surface area contributed by atoms with Gasteiger partial charge in [-0.3, -0.25) is 30.1 Å². The molecule has 152 valence electrons. The standard InChI is InChI=1S/C16H17F3N4O5/c1-15(2)13(26)23(14(27)20-15)8-7-11(24)21-22-12(25)9-3-5-10(6-4-9)28-16(17,18)19/h3-6H,7-8H2,1-2H3,(H,20,27)(H,21,24)(H,22,25). The predicted molar refractivity (Wildman–Crippen MR) is 87.7 cm³/mol. The predicted octanol–water partition coefficient (Wildman–Crippen LogP) is 1.07. The van der Waals surface area contributed by atoms with Crippen molar-refractivity contribution >= 4 is 23.8 Å². The smallest absolute Gasteiger partial charge is 0.406 e. The van der Waals surface area contributed by atoms with E-state index in [2.05, 4.69) is 20.9 Å². The van der Waals surface area contributed by atoms with E-state index in [4.69, 9.17) is 0 Å². The second-order valence-electron chi connectivity index (χ2n) is 6.34. The first-order valence-corrected chi connectivity index (χ1v) is 7.98. The fourth-order valence-electron chi connectivity index (χ4n) is 2.30. The van der Waals surface area contributed by atoms with E-state index in [1.165, 1.54) is 13.8 Å². The Kier molecular flexibility index (Phi) is 5.81. The van der Waals surface area contributed by atoms with Gasteiger partial charge in [-0.05, 0) is 38.1 Å². The van der Waals surface area contributed by atoms with Crippen LogP contribution in [-0.4, -0.2) is 47.1 Å². The molecule has 1 aliphatic heterocycles. The van der Waals surface area contributed by atoms with Crippen molar-refractivity contribution in [2.24, 2.45) is 0 Å². The highest BCUT2D eigenvalue weighted by molar-refractivity contribution is 6.06. The quantitative estimate of drug-likeness (QED) is 0.503. The molecule has 0 atom stereocenters. The van der Waals surface area contributed by atoms with Crippen LogP contribution >= 0.6 is 0 Å². The van der Waals surface area contributed by atoms with Gasteiger partial charge in [-0.25, -0.2) is 4.79 Å². The first kappa shape index (κ1) is 21.0. The Balaban J connectivity index is 1.80. The summed E-state index contributed by atoms with van der Waals surface area (Å²) in [6.07, 6.45) is -5.10. The maximum atomic E-state index is 12.1. The Bertz CT molecular complexity index is 792. The molecule has 0 bridgehead atoms. The van der Waals surface area contributed by atoms with Gasteiger partial charge in [0.25, 0.3) is 11.8 Å². The number of ether oxygens (including phenoxy) is 1. The van der Waals surface area contributed by atoms with Crippen LogP contribution < -0.4 is 20.9 Å². The fraction of sp³-hybridized carbons (Fsp3) is 0.375. The highest BCUT2D eigenvalue weighted by Gasteiger charge is 2.44. The molecular weight excluding hydrogens is 385 g/mol. The lowest BCUT2D eigenvalue weighted by molar-refractivity contribution is -0.274. The molecule has 1 aromatic carbocycles. The van der Waals surface area contributed by atoms with Crippen LogP contribution in [0.4, 0.5) is 18.0 Å². The third kappa shape index (κ3) is 5.34. The average Bonchev–Trinajstić information content (AvgIpc) is 2.77. The monoisotopic (exact) mass is 402 g/mol. The van der Waals surface area contributed by atoms with Gasteiger partial charge in [0.15, 0.2) is 0 Å². The van der Waals surface area contributed by atoms with E-state index < -0.39 is 41.4 Å². The summed E-state index contributed by atoms with van der Waals surface area (Å²) in [6, 6.07) is 3.44. The van der Waals surface area contributed by atoms with E-state index in [9.17, 15) is 32.3 Å². The van der Waals surface area contributed by atoms with Gasteiger partial charge >= 0.3 is 12.4 Å². The van der Waals surface area contributed by atoms with Crippen molar-refractivity contribution in [3.05, 3.63) is 29.8 Å². The molecule has 28 heavy (non-hydrogen) atoms. The maximum absolute atomic E-state index is 12.1. The van der Waals surface area contributed by atoms with Crippen LogP contribution in [0.15, 0.2) is 24.3 Å². The Morgan fingerprint density at radius 3 is 2.25 bits per heavy atom. The molecule has 1 aromatic rings. The minimum absolute atomic E-state index is 0.0225. The molecular formula is C16H17F3N4O5. The first-order valence-electron chi connectivity index (χ1n) is 7.98. The second-order valence-corrected chi connectivity index (χ2v) is 6.34. The molecule has 5 amide bonds. The number of nitrogens with zero attached hydrogens (tertiary/aromatic N) is 1. The first-order chi connectivity index (χ1) is 12.9. The summed E-state index contributed by atoms with van der Waals surface area (Å²) in [7, 11) is 0. The van der Waals surface area contributed by atoms with E-state index in [1.807, 2.05) is 0 Å². The summed E-state index contributed by atoms with van der Waals surface area (Å²) in [5.41, 5.74) is 3.09. The van der Waals surface area contributed by atoms with Gasteiger partial charge in [-0.2, -0.15) is 0 Å². The van der Waals surface area contributed by atoms with Crippen molar-refractivity contribution in [3.8, 4) is 5.75 Å². The molecule has 1 aliphatic rings. The number of rotatable bonds is 5. The third-order valence-electron chi connectivity index (χ3n) is 3.67. The Morgan fingerprint density at radius 1 is 1.14 bits per heavy atom. The van der Waals surface area contributed by atoms with Crippen LogP contribution in [0.2, 0.25) is 0 Å². The zero-order valence-corrected chi connectivity index (χ0v) is 14.8. The molecule has 9 nitrogen and oxygen atoms in total. The number of alkyl halides is 3. The molecule has 0 radical (unpaired) electrons. The van der Waals surface area contributed by atoms with Crippen molar-refractivity contribution in [3.63, 3.8) is 0 Å². The van der Waals surface area contributed by atoms with E-state index >= 15 is 0 Å². The summed E-state index contributed by atoms with van der Waals surface area (Å²) in [5.74, 6) is -2.42. The Morgan fingerprint density at radius 2 is 1.75 bits per heavy atom. The lowest BCUT2D eigenvalue weighted by Gasteiger charge is -2.15. The average molecular weight is 402 g/mol. The van der Waals surface area contributed by atoms with Crippen molar-refractivity contribution < 1.29 is 37.1 Å². The molecule has 0 unspecified atom stereocenters. The Hall–Kier alpha value is -3.31. The van der Waals surface area contributed by atoms with Gasteiger partial charge < -0.3 is 10.1 Å². The number of benzene rings is 1. The van der Waals surface area contributed by atoms with Crippen LogP contribution in [-0.2, 0) is 9.59 Å². The molecule has 1 fully saturated rings. The van der Waals surface area contributed by atoms with Gasteiger partial charge in [0, 0.05) is 18.5 Å². The van der Waals surface area contributed by atoms with Crippen LogP contribution in [0.3, 0.4) is 0 Å². The highest BCUT2D eigenvalue weighted by Crippen LogP contribution is 2.22. The Labute approximate surface area is 157 Å². The molecule has 2 rings (SSSR count). The van der Waals surface area contributed by atoms with Gasteiger partial charge in [0.2, 0.25) is 5.91 Å². The molecule has 12 heteroatoms. The number of hydrogen-bond donors (Lipinski definition) is 3. The lowest BCUT2D eigenvalue weighted by atomic mass is 10.1. The number of carbonyl (C=O) groups excluding carboxylic acids is 4. The lowest BCUT2D eigenvalue weighted by Crippen LogP contribution is -2.44. The summed E-state index contributed by atoms with van der Waals surface area (Å²) in [6.45, 7) is 2.87. The number of nitrogens with one attached hydrogen (secondary N) is 3. The summed E-state index contributed by atoms with van der Waals surface area (Å²) in [4.78, 5) is 48.2. The normalized spacial score (nSPS) is 15.8. The summed E-state index contributed by atoms with van der Waals surface area (Å²) < 4.78 is 39.9. The molecule has 1 saturated heterocycles. The number of urea groups is 1. The number of halogens is 3. The SMILES string of the molecule is CC1(C)NC(=O)N(CCC(=O)NNC(=O)c2ccc(OC(F)(F)F)cc2)C1=O. The number of carbonyl (C=O) groups is 4. The third-order valence-corrected chi connectivity index (χ3v) is 3.67. The number of amides is 5. The zero-order valence-electron chi connectivity index (χ0n) is 14.8. The number of imide groups is 1. The summed E-state index contributed by atoms with van der Waals surface area (Å²) >= 11 is 0. The van der Waals surface area contributed by atoms with Crippen molar-refractivity contribution in [1.82, 2.24) is 21.1 Å². The zero-order chi connectivity index (χ0) is 21.1. The van der Waals surface area contributed by atoms with Crippen LogP contribution in [0.25, 0.3) is 0 Å². The number of hydrazine groups is 1. The summed E-state index contributed by atoms with van der Waals surface area (Å²) in [5, 5.41) is 2.46. The van der Waals surface area contributed by atoms with E-state index in [0.29, 0.717) is 0 Å². The van der Waals surface area contributed by atoms with Crippen LogP contribution in [0.1, 0.15) is 30.6 Å². The van der Waals surface area contributed by atoms with Gasteiger partial charge in [0.1, 0.15) is 11.3 Å². The van der Waals surface area contributed by atoms with Gasteiger partial charge in [-0.15, -0.1) is 13.2 Å². The number of hydrogen-bond acceptors (Lipinski definition) is 5. The van der Waals surface area contributed by atoms with E-state index in [0.717, 1.165) is 29.2 Å². The highest BCUT2D eigenvalue weighted by atomic mass is 19.4. The second kappa shape index (κ2) is 7.74. The largest absolute Gasteiger partial charge is 0.573 e. The minimum Gasteiger partial charge on any atom is -0.406 e. The van der Waals surface area contributed by atoms with Crippen molar-refractivity contribution in [1.29, 1.82) is 0 Å². The van der Waals surface area contributed by atoms with Gasteiger partial charge in [-0.1, -0.05) is 0 Å².